The molecule has 0 fully saturated rings. The van der Waals surface area contributed by atoms with Crippen LogP contribution in [-0.2, 0) is 14.8 Å². The van der Waals surface area contributed by atoms with Gasteiger partial charge in [-0.05, 0) is 28.1 Å². The monoisotopic (exact) mass is 637 g/mol. The van der Waals surface area contributed by atoms with Crippen molar-refractivity contribution < 1.29 is 27.9 Å². The van der Waals surface area contributed by atoms with Gasteiger partial charge in [0, 0.05) is 4.47 Å². The standard InChI is InChI=1S/C21H26AsBrClN3O6S/c1-21(2,3)33-19(29)22-11-6-12-25-34(31,32)18-14(24)9-10-16(17(18)28)27-20(30)26-15-8-5-4-7-13(15)23/h4-5,7-10,22,25,28H,6,11-12H2,1-3H3,(H2,26,27,30). The molecular weight excluding hydrogens is 613 g/mol. The Labute approximate surface area is 218 Å². The van der Waals surface area contributed by atoms with Gasteiger partial charge in [-0.15, -0.1) is 0 Å². The maximum atomic E-state index is 12.8. The van der Waals surface area contributed by atoms with Gasteiger partial charge in [-0.3, -0.25) is 0 Å². The number of benzene rings is 2. The molecule has 0 saturated heterocycles. The number of carbonyl (C=O) groups is 2. The van der Waals surface area contributed by atoms with Crippen LogP contribution in [-0.4, -0.2) is 52.2 Å². The number of phenolic OH excluding ortho intramolecular Hbond substituents is 1. The molecule has 186 valence electrons. The summed E-state index contributed by atoms with van der Waals surface area (Å²) in [7, 11) is -4.19. The molecule has 34 heavy (non-hydrogen) atoms. The fourth-order valence-corrected chi connectivity index (χ4v) is 6.66. The van der Waals surface area contributed by atoms with E-state index in [1.165, 1.54) is 12.1 Å². The van der Waals surface area contributed by atoms with Crippen molar-refractivity contribution in [1.82, 2.24) is 4.72 Å². The fourth-order valence-electron chi connectivity index (χ4n) is 2.61. The van der Waals surface area contributed by atoms with Crippen LogP contribution < -0.4 is 15.4 Å². The first kappa shape index (κ1) is 28.5. The molecule has 0 saturated carbocycles. The first-order valence-corrected chi connectivity index (χ1v) is 15.3. The number of rotatable bonds is 9. The van der Waals surface area contributed by atoms with E-state index >= 15 is 0 Å². The van der Waals surface area contributed by atoms with Crippen LogP contribution in [0.2, 0.25) is 10.2 Å². The molecule has 0 aliphatic heterocycles. The summed E-state index contributed by atoms with van der Waals surface area (Å²) in [6.07, 6.45) is 0.420. The van der Waals surface area contributed by atoms with Gasteiger partial charge in [-0.2, -0.15) is 0 Å². The number of carbonyl (C=O) groups excluding carboxylic acids is 2. The third-order valence-corrected chi connectivity index (χ3v) is 8.78. The van der Waals surface area contributed by atoms with Crippen LogP contribution in [0.25, 0.3) is 0 Å². The molecule has 0 heterocycles. The molecule has 0 radical (unpaired) electrons. The molecule has 9 nitrogen and oxygen atoms in total. The SMILES string of the molecule is CC(C)(C)OC(=O)[AsH]CCCNS(=O)(=O)c1c(Cl)ccc(NC(=O)Nc2ccccc2Br)c1O. The van der Waals surface area contributed by atoms with Crippen molar-refractivity contribution in [2.24, 2.45) is 0 Å². The van der Waals surface area contributed by atoms with E-state index in [0.29, 0.717) is 21.8 Å². The molecule has 0 bridgehead atoms. The summed E-state index contributed by atoms with van der Waals surface area (Å²) in [6, 6.07) is 8.78. The van der Waals surface area contributed by atoms with E-state index in [2.05, 4.69) is 31.3 Å². The van der Waals surface area contributed by atoms with Gasteiger partial charge in [0.15, 0.2) is 0 Å². The molecule has 2 amide bonds. The number of aromatic hydroxyl groups is 1. The van der Waals surface area contributed by atoms with Crippen LogP contribution in [0.5, 0.6) is 5.75 Å². The molecule has 13 heteroatoms. The van der Waals surface area contributed by atoms with Gasteiger partial charge >= 0.3 is 175 Å². The molecular formula is C21H26AsBrClN3O6S. The number of hydrogen-bond donors (Lipinski definition) is 4. The van der Waals surface area contributed by atoms with E-state index in [-0.39, 0.29) is 22.0 Å². The van der Waals surface area contributed by atoms with Gasteiger partial charge in [0.1, 0.15) is 0 Å². The number of phenols is 1. The Hall–Kier alpha value is -1.78. The van der Waals surface area contributed by atoms with Crippen LogP contribution in [0.4, 0.5) is 21.0 Å². The molecule has 0 spiro atoms. The summed E-state index contributed by atoms with van der Waals surface area (Å²) in [5, 5.41) is 15.9. The number of halogens is 2. The number of anilines is 2. The van der Waals surface area contributed by atoms with Gasteiger partial charge in [0.2, 0.25) is 0 Å². The van der Waals surface area contributed by atoms with Gasteiger partial charge < -0.3 is 0 Å². The minimum atomic E-state index is -4.19. The number of ether oxygens (including phenoxy) is 1. The first-order chi connectivity index (χ1) is 15.8. The molecule has 2 aromatic rings. The third-order valence-electron chi connectivity index (χ3n) is 4.04. The van der Waals surface area contributed by atoms with Gasteiger partial charge in [-0.1, -0.05) is 12.1 Å². The van der Waals surface area contributed by atoms with Crippen molar-refractivity contribution >= 4 is 75.5 Å². The number of amides is 2. The molecule has 1 atom stereocenters. The Morgan fingerprint density at radius 2 is 1.76 bits per heavy atom. The number of nitrogens with one attached hydrogen (secondary N) is 3. The van der Waals surface area contributed by atoms with Crippen molar-refractivity contribution in [3.63, 3.8) is 0 Å². The number of para-hydroxylation sites is 1. The second-order valence-corrected chi connectivity index (χ2v) is 13.6. The Morgan fingerprint density at radius 1 is 1.12 bits per heavy atom. The Kier molecular flexibility index (Phi) is 10.3. The summed E-state index contributed by atoms with van der Waals surface area (Å²) in [5.74, 6) is -0.690. The quantitative estimate of drug-likeness (QED) is 0.175. The second-order valence-electron chi connectivity index (χ2n) is 8.01. The third kappa shape index (κ3) is 8.78. The molecule has 0 aliphatic carbocycles. The summed E-state index contributed by atoms with van der Waals surface area (Å²) in [5.41, 5.74) is -0.201. The molecule has 2 aromatic carbocycles. The minimum absolute atomic E-state index is 0.0462. The van der Waals surface area contributed by atoms with Crippen molar-refractivity contribution in [2.45, 2.75) is 42.9 Å². The number of sulfonamides is 1. The van der Waals surface area contributed by atoms with Crippen LogP contribution in [0.3, 0.4) is 0 Å². The number of hydrogen-bond acceptors (Lipinski definition) is 6. The van der Waals surface area contributed by atoms with Crippen molar-refractivity contribution in [3.05, 3.63) is 45.9 Å². The summed E-state index contributed by atoms with van der Waals surface area (Å²) in [6.45, 7) is 5.41. The summed E-state index contributed by atoms with van der Waals surface area (Å²) < 4.78 is 33.6. The zero-order valence-electron chi connectivity index (χ0n) is 18.7. The Balaban J connectivity index is 2.01. The molecule has 1 unspecified atom stereocenters. The summed E-state index contributed by atoms with van der Waals surface area (Å²) >= 11 is 8.32. The van der Waals surface area contributed by atoms with Gasteiger partial charge in [0.25, 0.3) is 0 Å². The van der Waals surface area contributed by atoms with E-state index in [0.717, 1.165) is 0 Å². The Bertz CT molecular complexity index is 1160. The van der Waals surface area contributed by atoms with Gasteiger partial charge in [-0.25, -0.2) is 0 Å². The fraction of sp³-hybridized carbons (Fsp3) is 0.333. The molecule has 0 aliphatic rings. The zero-order valence-corrected chi connectivity index (χ0v) is 24.0. The topological polar surface area (TPSA) is 134 Å². The van der Waals surface area contributed by atoms with Crippen LogP contribution in [0.1, 0.15) is 27.2 Å². The van der Waals surface area contributed by atoms with Crippen LogP contribution >= 0.6 is 27.5 Å². The maximum absolute atomic E-state index is 12.8. The average Bonchev–Trinajstić information content (AvgIpc) is 2.70. The van der Waals surface area contributed by atoms with E-state index in [9.17, 15) is 23.1 Å². The van der Waals surface area contributed by atoms with Crippen LogP contribution in [0.15, 0.2) is 45.8 Å². The molecule has 4 N–H and O–H groups in total. The van der Waals surface area contributed by atoms with Crippen molar-refractivity contribution in [1.29, 1.82) is 0 Å². The first-order valence-electron chi connectivity index (χ1n) is 10.1. The summed E-state index contributed by atoms with van der Waals surface area (Å²) in [4.78, 5) is 23.6. The van der Waals surface area contributed by atoms with Crippen LogP contribution in [0, 0.1) is 0 Å². The predicted octanol–water partition coefficient (Wildman–Crippen LogP) is 4.91. The van der Waals surface area contributed by atoms with E-state index in [1.807, 2.05) is 0 Å². The van der Waals surface area contributed by atoms with Crippen molar-refractivity contribution in [3.8, 4) is 5.75 Å². The normalized spacial score (nSPS) is 12.0. The van der Waals surface area contributed by atoms with Crippen molar-refractivity contribution in [2.75, 3.05) is 17.2 Å². The predicted molar refractivity (Wildman–Crippen MR) is 138 cm³/mol. The second kappa shape index (κ2) is 12.3. The number of urea groups is 1. The van der Waals surface area contributed by atoms with E-state index in [1.54, 1.807) is 45.0 Å². The molecule has 2 rings (SSSR count). The Morgan fingerprint density at radius 3 is 2.41 bits per heavy atom. The zero-order chi connectivity index (χ0) is 25.5. The van der Waals surface area contributed by atoms with Gasteiger partial charge in [0.05, 0.1) is 0 Å². The van der Waals surface area contributed by atoms with E-state index < -0.39 is 48.1 Å². The average molecular weight is 639 g/mol. The van der Waals surface area contributed by atoms with E-state index in [4.69, 9.17) is 16.3 Å². The molecule has 0 aromatic heterocycles.